The van der Waals surface area contributed by atoms with Crippen LogP contribution in [-0.2, 0) is 0 Å². The lowest BCUT2D eigenvalue weighted by Gasteiger charge is -2.36. The second-order valence-electron chi connectivity index (χ2n) is 7.34. The molecule has 0 bridgehead atoms. The number of nitrogens with one attached hydrogen (secondary N) is 1. The molecule has 1 aromatic rings. The first-order valence-corrected chi connectivity index (χ1v) is 9.81. The van der Waals surface area contributed by atoms with Crippen LogP contribution in [0.15, 0.2) is 23.5 Å². The third-order valence-electron chi connectivity index (χ3n) is 5.38. The van der Waals surface area contributed by atoms with Crippen molar-refractivity contribution in [3.05, 3.63) is 18.5 Å². The van der Waals surface area contributed by atoms with E-state index in [4.69, 9.17) is 4.99 Å². The second-order valence-corrected chi connectivity index (χ2v) is 7.34. The van der Waals surface area contributed by atoms with E-state index in [1.165, 1.54) is 25.7 Å². The summed E-state index contributed by atoms with van der Waals surface area (Å²) < 4.78 is 0. The van der Waals surface area contributed by atoms with E-state index in [9.17, 15) is 0 Å². The molecule has 0 radical (unpaired) electrons. The summed E-state index contributed by atoms with van der Waals surface area (Å²) in [5.41, 5.74) is 0. The van der Waals surface area contributed by atoms with Crippen molar-refractivity contribution in [1.82, 2.24) is 20.2 Å². The summed E-state index contributed by atoms with van der Waals surface area (Å²) >= 11 is 0. The predicted molar refractivity (Wildman–Crippen MR) is 103 cm³/mol. The standard InChI is InChI=1S/C19H32N6/c1-3-20-18(23-15-17-7-5-16(2)6-8-17)24-11-13-25(14-12-24)19-21-9-4-10-22-19/h4,9-10,16-17H,3,5-8,11-15H2,1-2H3,(H,20,23). The Hall–Kier alpha value is -1.85. The van der Waals surface area contributed by atoms with Crippen molar-refractivity contribution in [3.63, 3.8) is 0 Å². The number of aliphatic imine (C=N–C) groups is 1. The molecular weight excluding hydrogens is 312 g/mol. The zero-order valence-corrected chi connectivity index (χ0v) is 15.7. The first-order chi connectivity index (χ1) is 12.3. The van der Waals surface area contributed by atoms with E-state index in [0.717, 1.165) is 63.0 Å². The molecule has 1 saturated carbocycles. The third kappa shape index (κ3) is 5.06. The number of guanidine groups is 1. The maximum absolute atomic E-state index is 4.97. The van der Waals surface area contributed by atoms with Crippen molar-refractivity contribution in [2.24, 2.45) is 16.8 Å². The van der Waals surface area contributed by atoms with Crippen LogP contribution in [-0.4, -0.2) is 60.1 Å². The molecule has 2 fully saturated rings. The van der Waals surface area contributed by atoms with Crippen molar-refractivity contribution >= 4 is 11.9 Å². The van der Waals surface area contributed by atoms with Gasteiger partial charge in [0.25, 0.3) is 0 Å². The van der Waals surface area contributed by atoms with E-state index in [1.807, 2.05) is 18.5 Å². The number of anilines is 1. The van der Waals surface area contributed by atoms with Crippen LogP contribution in [0.4, 0.5) is 5.95 Å². The Balaban J connectivity index is 1.53. The van der Waals surface area contributed by atoms with Gasteiger partial charge in [0.15, 0.2) is 5.96 Å². The lowest BCUT2D eigenvalue weighted by atomic mass is 9.83. The largest absolute Gasteiger partial charge is 0.357 e. The van der Waals surface area contributed by atoms with E-state index in [0.29, 0.717) is 0 Å². The molecule has 0 atom stereocenters. The predicted octanol–water partition coefficient (Wildman–Crippen LogP) is 2.39. The SMILES string of the molecule is CCNC(=NCC1CCC(C)CC1)N1CCN(c2ncccn2)CC1. The second kappa shape index (κ2) is 9.02. The Kier molecular flexibility index (Phi) is 6.48. The number of aromatic nitrogens is 2. The molecule has 25 heavy (non-hydrogen) atoms. The number of rotatable bonds is 4. The summed E-state index contributed by atoms with van der Waals surface area (Å²) in [5.74, 6) is 3.58. The molecule has 3 rings (SSSR count). The highest BCUT2D eigenvalue weighted by Gasteiger charge is 2.22. The summed E-state index contributed by atoms with van der Waals surface area (Å²) in [5, 5.41) is 3.48. The molecule has 1 aliphatic carbocycles. The molecule has 0 amide bonds. The average molecular weight is 345 g/mol. The molecule has 1 aromatic heterocycles. The Labute approximate surface area is 151 Å². The van der Waals surface area contributed by atoms with Gasteiger partial charge in [0, 0.05) is 51.7 Å². The van der Waals surface area contributed by atoms with Crippen molar-refractivity contribution in [3.8, 4) is 0 Å². The van der Waals surface area contributed by atoms with Gasteiger partial charge in [-0.05, 0) is 37.7 Å². The first kappa shape index (κ1) is 18.0. The maximum Gasteiger partial charge on any atom is 0.225 e. The fourth-order valence-electron chi connectivity index (χ4n) is 3.73. The number of nitrogens with zero attached hydrogens (tertiary/aromatic N) is 5. The summed E-state index contributed by atoms with van der Waals surface area (Å²) in [6.45, 7) is 10.2. The molecule has 0 spiro atoms. The molecular formula is C19H32N6. The molecule has 6 heteroatoms. The molecule has 0 unspecified atom stereocenters. The van der Waals surface area contributed by atoms with Gasteiger partial charge >= 0.3 is 0 Å². The zero-order valence-electron chi connectivity index (χ0n) is 15.7. The van der Waals surface area contributed by atoms with Crippen LogP contribution >= 0.6 is 0 Å². The van der Waals surface area contributed by atoms with Crippen molar-refractivity contribution < 1.29 is 0 Å². The highest BCUT2D eigenvalue weighted by atomic mass is 15.4. The van der Waals surface area contributed by atoms with Gasteiger partial charge in [-0.25, -0.2) is 9.97 Å². The number of hydrogen-bond donors (Lipinski definition) is 1. The lowest BCUT2D eigenvalue weighted by molar-refractivity contribution is 0.294. The van der Waals surface area contributed by atoms with Crippen molar-refractivity contribution in [2.45, 2.75) is 39.5 Å². The highest BCUT2D eigenvalue weighted by molar-refractivity contribution is 5.80. The molecule has 138 valence electrons. The van der Waals surface area contributed by atoms with E-state index in [1.54, 1.807) is 0 Å². The minimum atomic E-state index is 0.767. The summed E-state index contributed by atoms with van der Waals surface area (Å²) in [6, 6.07) is 1.86. The fourth-order valence-corrected chi connectivity index (χ4v) is 3.73. The average Bonchev–Trinajstić information content (AvgIpc) is 2.67. The Morgan fingerprint density at radius 3 is 2.44 bits per heavy atom. The van der Waals surface area contributed by atoms with Gasteiger partial charge in [-0.3, -0.25) is 4.99 Å². The summed E-state index contributed by atoms with van der Waals surface area (Å²) in [7, 11) is 0. The molecule has 0 aromatic carbocycles. The molecule has 1 N–H and O–H groups in total. The molecule has 6 nitrogen and oxygen atoms in total. The Morgan fingerprint density at radius 2 is 1.80 bits per heavy atom. The van der Waals surface area contributed by atoms with E-state index in [-0.39, 0.29) is 0 Å². The van der Waals surface area contributed by atoms with E-state index < -0.39 is 0 Å². The number of hydrogen-bond acceptors (Lipinski definition) is 4. The Bertz CT molecular complexity index is 530. The smallest absolute Gasteiger partial charge is 0.225 e. The van der Waals surface area contributed by atoms with Crippen LogP contribution in [0, 0.1) is 11.8 Å². The molecule has 2 aliphatic rings. The molecule has 1 saturated heterocycles. The monoisotopic (exact) mass is 344 g/mol. The van der Waals surface area contributed by atoms with Crippen LogP contribution < -0.4 is 10.2 Å². The summed E-state index contributed by atoms with van der Waals surface area (Å²) in [6.07, 6.45) is 9.03. The maximum atomic E-state index is 4.97. The van der Waals surface area contributed by atoms with Gasteiger partial charge < -0.3 is 15.1 Å². The summed E-state index contributed by atoms with van der Waals surface area (Å²) in [4.78, 5) is 18.3. The van der Waals surface area contributed by atoms with Gasteiger partial charge in [-0.1, -0.05) is 19.8 Å². The Morgan fingerprint density at radius 1 is 1.12 bits per heavy atom. The van der Waals surface area contributed by atoms with E-state index >= 15 is 0 Å². The highest BCUT2D eigenvalue weighted by Crippen LogP contribution is 2.28. The van der Waals surface area contributed by atoms with Gasteiger partial charge in [0.05, 0.1) is 0 Å². The van der Waals surface area contributed by atoms with Gasteiger partial charge in [0.1, 0.15) is 0 Å². The van der Waals surface area contributed by atoms with Crippen LogP contribution in [0.2, 0.25) is 0 Å². The topological polar surface area (TPSA) is 56.7 Å². The molecule has 2 heterocycles. The van der Waals surface area contributed by atoms with Crippen LogP contribution in [0.25, 0.3) is 0 Å². The van der Waals surface area contributed by atoms with Gasteiger partial charge in [0.2, 0.25) is 5.95 Å². The van der Waals surface area contributed by atoms with E-state index in [2.05, 4.69) is 38.9 Å². The van der Waals surface area contributed by atoms with Crippen LogP contribution in [0.3, 0.4) is 0 Å². The lowest BCUT2D eigenvalue weighted by Crippen LogP contribution is -2.53. The fraction of sp³-hybridized carbons (Fsp3) is 0.737. The van der Waals surface area contributed by atoms with Gasteiger partial charge in [-0.15, -0.1) is 0 Å². The normalized spacial score (nSPS) is 25.1. The van der Waals surface area contributed by atoms with Crippen molar-refractivity contribution in [2.75, 3.05) is 44.2 Å². The quantitative estimate of drug-likeness (QED) is 0.671. The van der Waals surface area contributed by atoms with Crippen molar-refractivity contribution in [1.29, 1.82) is 0 Å². The zero-order chi connectivity index (χ0) is 17.5. The number of piperazine rings is 1. The molecule has 1 aliphatic heterocycles. The minimum absolute atomic E-state index is 0.767. The van der Waals surface area contributed by atoms with Crippen LogP contribution in [0.5, 0.6) is 0 Å². The minimum Gasteiger partial charge on any atom is -0.357 e. The van der Waals surface area contributed by atoms with Crippen LogP contribution in [0.1, 0.15) is 39.5 Å². The third-order valence-corrected chi connectivity index (χ3v) is 5.38. The first-order valence-electron chi connectivity index (χ1n) is 9.81. The van der Waals surface area contributed by atoms with Gasteiger partial charge in [-0.2, -0.15) is 0 Å².